The summed E-state index contributed by atoms with van der Waals surface area (Å²) in [5.41, 5.74) is 0.897. The van der Waals surface area contributed by atoms with Gasteiger partial charge in [0.2, 0.25) is 0 Å². The lowest BCUT2D eigenvalue weighted by atomic mass is 9.92. The lowest BCUT2D eigenvalue weighted by Gasteiger charge is -2.36. The molecule has 0 atom stereocenters. The van der Waals surface area contributed by atoms with Crippen LogP contribution in [0.1, 0.15) is 18.4 Å². The predicted octanol–water partition coefficient (Wildman–Crippen LogP) is 2.00. The van der Waals surface area contributed by atoms with Crippen LogP contribution in [0.3, 0.4) is 0 Å². The van der Waals surface area contributed by atoms with Crippen molar-refractivity contribution in [1.29, 1.82) is 0 Å². The molecule has 0 saturated carbocycles. The predicted molar refractivity (Wildman–Crippen MR) is 66.5 cm³/mol. The Morgan fingerprint density at radius 2 is 1.78 bits per heavy atom. The number of nitrogens with zero attached hydrogens (tertiary/aromatic N) is 3. The van der Waals surface area contributed by atoms with Gasteiger partial charge < -0.3 is 9.84 Å². The van der Waals surface area contributed by atoms with Crippen LogP contribution in [0.4, 0.5) is 5.69 Å². The molecule has 0 aliphatic carbocycles. The molecule has 96 valence electrons. The van der Waals surface area contributed by atoms with Crippen LogP contribution in [0.2, 0.25) is 0 Å². The standard InChI is InChI=1S/C13H17N3O2/c17-13(9-18-10-13)11-3-5-12(6-4-11)14-15-16-7-1-2-8-16/h3-6,17H,1-2,7-10H2. The quantitative estimate of drug-likeness (QED) is 0.831. The first-order valence-corrected chi connectivity index (χ1v) is 6.34. The van der Waals surface area contributed by atoms with E-state index < -0.39 is 5.60 Å². The maximum absolute atomic E-state index is 10.1. The first-order chi connectivity index (χ1) is 8.76. The van der Waals surface area contributed by atoms with Crippen molar-refractivity contribution < 1.29 is 9.84 Å². The van der Waals surface area contributed by atoms with Gasteiger partial charge in [0.15, 0.2) is 0 Å². The fourth-order valence-electron chi connectivity index (χ4n) is 2.21. The highest BCUT2D eigenvalue weighted by Crippen LogP contribution is 2.30. The third-order valence-electron chi connectivity index (χ3n) is 3.46. The summed E-state index contributed by atoms with van der Waals surface area (Å²) in [5.74, 6) is 0. The maximum atomic E-state index is 10.1. The topological polar surface area (TPSA) is 57.4 Å². The Labute approximate surface area is 106 Å². The minimum atomic E-state index is -0.801. The first kappa shape index (κ1) is 11.6. The van der Waals surface area contributed by atoms with Crippen molar-refractivity contribution in [3.8, 4) is 0 Å². The number of ether oxygens (including phenoxy) is 1. The van der Waals surface area contributed by atoms with Gasteiger partial charge in [-0.1, -0.05) is 17.4 Å². The molecule has 2 heterocycles. The van der Waals surface area contributed by atoms with Crippen LogP contribution < -0.4 is 0 Å². The van der Waals surface area contributed by atoms with E-state index in [4.69, 9.17) is 4.74 Å². The Bertz CT molecular complexity index is 434. The molecule has 0 radical (unpaired) electrons. The van der Waals surface area contributed by atoms with Crippen LogP contribution in [0, 0.1) is 0 Å². The molecule has 0 bridgehead atoms. The summed E-state index contributed by atoms with van der Waals surface area (Å²) in [6.07, 6.45) is 2.40. The minimum Gasteiger partial charge on any atom is -0.380 e. The molecular formula is C13H17N3O2. The first-order valence-electron chi connectivity index (χ1n) is 6.34. The molecule has 5 nitrogen and oxygen atoms in total. The van der Waals surface area contributed by atoms with Gasteiger partial charge in [-0.05, 0) is 30.5 Å². The molecule has 1 aromatic rings. The van der Waals surface area contributed by atoms with Crippen LogP contribution in [-0.4, -0.2) is 36.4 Å². The van der Waals surface area contributed by atoms with Gasteiger partial charge in [-0.15, -0.1) is 5.11 Å². The molecule has 1 N–H and O–H groups in total. The molecule has 0 aromatic heterocycles. The van der Waals surface area contributed by atoms with Crippen molar-refractivity contribution in [2.45, 2.75) is 18.4 Å². The second-order valence-electron chi connectivity index (χ2n) is 4.92. The van der Waals surface area contributed by atoms with E-state index in [9.17, 15) is 5.11 Å². The molecule has 2 aliphatic rings. The van der Waals surface area contributed by atoms with Gasteiger partial charge in [0.25, 0.3) is 0 Å². The summed E-state index contributed by atoms with van der Waals surface area (Å²) >= 11 is 0. The Hall–Kier alpha value is -1.46. The highest BCUT2D eigenvalue weighted by molar-refractivity contribution is 5.40. The molecule has 0 spiro atoms. The van der Waals surface area contributed by atoms with E-state index in [2.05, 4.69) is 10.3 Å². The maximum Gasteiger partial charge on any atom is 0.136 e. The number of hydrogen-bond donors (Lipinski definition) is 1. The molecule has 2 aliphatic heterocycles. The number of benzene rings is 1. The second kappa shape index (κ2) is 4.66. The molecular weight excluding hydrogens is 230 g/mol. The molecule has 2 saturated heterocycles. The van der Waals surface area contributed by atoms with Crippen LogP contribution in [0.25, 0.3) is 0 Å². The molecule has 2 fully saturated rings. The van der Waals surface area contributed by atoms with E-state index in [1.807, 2.05) is 29.3 Å². The van der Waals surface area contributed by atoms with Crippen molar-refractivity contribution >= 4 is 5.69 Å². The molecule has 0 amide bonds. The van der Waals surface area contributed by atoms with E-state index in [0.29, 0.717) is 13.2 Å². The average molecular weight is 247 g/mol. The Morgan fingerprint density at radius 3 is 2.33 bits per heavy atom. The Balaban J connectivity index is 1.67. The summed E-state index contributed by atoms with van der Waals surface area (Å²) in [7, 11) is 0. The van der Waals surface area contributed by atoms with Crippen molar-refractivity contribution in [2.75, 3.05) is 26.3 Å². The highest BCUT2D eigenvalue weighted by atomic mass is 16.5. The number of aliphatic hydroxyl groups is 1. The third kappa shape index (κ3) is 2.23. The SMILES string of the molecule is OC1(c2ccc(N=NN3CCCC3)cc2)COC1. The summed E-state index contributed by atoms with van der Waals surface area (Å²) in [4.78, 5) is 0. The van der Waals surface area contributed by atoms with Crippen LogP contribution in [0.5, 0.6) is 0 Å². The van der Waals surface area contributed by atoms with Gasteiger partial charge in [-0.3, -0.25) is 5.01 Å². The normalized spacial score (nSPS) is 22.4. The van der Waals surface area contributed by atoms with Crippen molar-refractivity contribution in [2.24, 2.45) is 10.3 Å². The fourth-order valence-corrected chi connectivity index (χ4v) is 2.21. The van der Waals surface area contributed by atoms with E-state index in [1.165, 1.54) is 12.8 Å². The summed E-state index contributed by atoms with van der Waals surface area (Å²) in [6, 6.07) is 7.54. The van der Waals surface area contributed by atoms with E-state index in [0.717, 1.165) is 24.3 Å². The van der Waals surface area contributed by atoms with Crippen LogP contribution in [-0.2, 0) is 10.3 Å². The van der Waals surface area contributed by atoms with E-state index >= 15 is 0 Å². The fraction of sp³-hybridized carbons (Fsp3) is 0.538. The van der Waals surface area contributed by atoms with Crippen molar-refractivity contribution in [3.05, 3.63) is 29.8 Å². The number of hydrogen-bond acceptors (Lipinski definition) is 4. The van der Waals surface area contributed by atoms with E-state index in [-0.39, 0.29) is 0 Å². The zero-order chi connectivity index (χ0) is 12.4. The third-order valence-corrected chi connectivity index (χ3v) is 3.46. The lowest BCUT2D eigenvalue weighted by Crippen LogP contribution is -2.46. The van der Waals surface area contributed by atoms with Crippen LogP contribution >= 0.6 is 0 Å². The summed E-state index contributed by atoms with van der Waals surface area (Å²) in [5, 5.41) is 20.5. The molecule has 18 heavy (non-hydrogen) atoms. The van der Waals surface area contributed by atoms with Gasteiger partial charge in [-0.2, -0.15) is 0 Å². The zero-order valence-electron chi connectivity index (χ0n) is 10.2. The second-order valence-corrected chi connectivity index (χ2v) is 4.92. The van der Waals surface area contributed by atoms with Gasteiger partial charge in [0.1, 0.15) is 5.60 Å². The van der Waals surface area contributed by atoms with Gasteiger partial charge >= 0.3 is 0 Å². The summed E-state index contributed by atoms with van der Waals surface area (Å²) in [6.45, 7) is 2.75. The minimum absolute atomic E-state index is 0.377. The molecule has 3 rings (SSSR count). The van der Waals surface area contributed by atoms with Crippen LogP contribution in [0.15, 0.2) is 34.6 Å². The Morgan fingerprint density at radius 1 is 1.11 bits per heavy atom. The average Bonchev–Trinajstić information content (AvgIpc) is 2.87. The molecule has 5 heteroatoms. The van der Waals surface area contributed by atoms with Crippen molar-refractivity contribution in [1.82, 2.24) is 5.01 Å². The van der Waals surface area contributed by atoms with Gasteiger partial charge in [-0.25, -0.2) is 0 Å². The monoisotopic (exact) mass is 247 g/mol. The highest BCUT2D eigenvalue weighted by Gasteiger charge is 2.37. The zero-order valence-corrected chi connectivity index (χ0v) is 10.2. The molecule has 1 aromatic carbocycles. The number of rotatable bonds is 3. The lowest BCUT2D eigenvalue weighted by molar-refractivity contribution is -0.184. The van der Waals surface area contributed by atoms with Gasteiger partial charge in [0, 0.05) is 13.1 Å². The smallest absolute Gasteiger partial charge is 0.136 e. The molecule has 0 unspecified atom stereocenters. The van der Waals surface area contributed by atoms with Crippen molar-refractivity contribution in [3.63, 3.8) is 0 Å². The Kier molecular flexibility index (Phi) is 3.01. The largest absolute Gasteiger partial charge is 0.380 e. The summed E-state index contributed by atoms with van der Waals surface area (Å²) < 4.78 is 5.04. The van der Waals surface area contributed by atoms with E-state index in [1.54, 1.807) is 0 Å². The van der Waals surface area contributed by atoms with Gasteiger partial charge in [0.05, 0.1) is 18.9 Å².